The van der Waals surface area contributed by atoms with E-state index < -0.39 is 12.8 Å². The predicted octanol–water partition coefficient (Wildman–Crippen LogP) is 2.64. The number of aliphatic hydroxyl groups excluding tert-OH is 1. The Morgan fingerprint density at radius 1 is 1.22 bits per heavy atom. The van der Waals surface area contributed by atoms with E-state index in [2.05, 4.69) is 0 Å². The highest BCUT2D eigenvalue weighted by molar-refractivity contribution is 5.94. The third-order valence-electron chi connectivity index (χ3n) is 3.18. The van der Waals surface area contributed by atoms with E-state index in [1.165, 1.54) is 7.11 Å². The van der Waals surface area contributed by atoms with E-state index >= 15 is 0 Å². The zero-order valence-corrected chi connectivity index (χ0v) is 12.9. The van der Waals surface area contributed by atoms with E-state index in [-0.39, 0.29) is 5.76 Å². The smallest absolute Gasteiger partial charge is 0.332 e. The van der Waals surface area contributed by atoms with Crippen molar-refractivity contribution in [1.29, 1.82) is 0 Å². The SMILES string of the molecule is CCOc1cc(OCO)cc2ccc(/C(=C/C(=O)O)OC)cc12. The van der Waals surface area contributed by atoms with E-state index in [9.17, 15) is 4.79 Å². The van der Waals surface area contributed by atoms with Gasteiger partial charge in [-0.05, 0) is 24.4 Å². The van der Waals surface area contributed by atoms with Gasteiger partial charge in [0.05, 0.1) is 19.8 Å². The van der Waals surface area contributed by atoms with Crippen molar-refractivity contribution in [2.75, 3.05) is 20.5 Å². The first-order valence-corrected chi connectivity index (χ1v) is 7.02. The molecule has 2 rings (SSSR count). The predicted molar refractivity (Wildman–Crippen MR) is 85.5 cm³/mol. The Bertz CT molecular complexity index is 735. The van der Waals surface area contributed by atoms with Crippen LogP contribution in [0.4, 0.5) is 0 Å². The van der Waals surface area contributed by atoms with Crippen LogP contribution in [-0.4, -0.2) is 36.7 Å². The molecule has 2 aromatic carbocycles. The molecule has 0 aliphatic carbocycles. The topological polar surface area (TPSA) is 85.2 Å². The Morgan fingerprint density at radius 3 is 2.61 bits per heavy atom. The lowest BCUT2D eigenvalue weighted by Crippen LogP contribution is -1.98. The average molecular weight is 318 g/mol. The molecular weight excluding hydrogens is 300 g/mol. The molecule has 0 aromatic heterocycles. The standard InChI is InChI=1S/C17H18O6/c1-3-22-16-8-13(23-10-18)6-11-4-5-12(7-14(11)16)15(21-2)9-17(19)20/h4-9,18H,3,10H2,1-2H3,(H,19,20)/b15-9-. The maximum atomic E-state index is 10.9. The minimum atomic E-state index is -1.08. The van der Waals surface area contributed by atoms with E-state index in [1.807, 2.05) is 13.0 Å². The largest absolute Gasteiger partial charge is 0.496 e. The molecule has 0 radical (unpaired) electrons. The fourth-order valence-electron chi connectivity index (χ4n) is 2.26. The van der Waals surface area contributed by atoms with Crippen LogP contribution in [0.2, 0.25) is 0 Å². The summed E-state index contributed by atoms with van der Waals surface area (Å²) in [6, 6.07) is 8.80. The third-order valence-corrected chi connectivity index (χ3v) is 3.18. The summed E-state index contributed by atoms with van der Waals surface area (Å²) in [5, 5.41) is 19.4. The molecule has 0 bridgehead atoms. The summed E-state index contributed by atoms with van der Waals surface area (Å²) >= 11 is 0. The van der Waals surface area contributed by atoms with Crippen molar-refractivity contribution in [3.63, 3.8) is 0 Å². The van der Waals surface area contributed by atoms with Crippen molar-refractivity contribution < 1.29 is 29.2 Å². The Morgan fingerprint density at radius 2 is 2.00 bits per heavy atom. The summed E-state index contributed by atoms with van der Waals surface area (Å²) in [6.07, 6.45) is 1.00. The quantitative estimate of drug-likeness (QED) is 0.464. The number of aliphatic hydroxyl groups is 1. The van der Waals surface area contributed by atoms with Gasteiger partial charge in [0.15, 0.2) is 6.79 Å². The van der Waals surface area contributed by atoms with Crippen molar-refractivity contribution in [2.24, 2.45) is 0 Å². The molecule has 0 unspecified atom stereocenters. The summed E-state index contributed by atoms with van der Waals surface area (Å²) in [5.41, 5.74) is 0.624. The van der Waals surface area contributed by atoms with Crippen LogP contribution in [0.3, 0.4) is 0 Å². The molecule has 0 atom stereocenters. The fraction of sp³-hybridized carbons (Fsp3) is 0.235. The average Bonchev–Trinajstić information content (AvgIpc) is 2.53. The highest BCUT2D eigenvalue weighted by Gasteiger charge is 2.10. The van der Waals surface area contributed by atoms with E-state index in [1.54, 1.807) is 24.3 Å². The number of rotatable bonds is 7. The van der Waals surface area contributed by atoms with Gasteiger partial charge < -0.3 is 24.4 Å². The molecule has 0 amide bonds. The molecule has 2 aromatic rings. The number of ether oxygens (including phenoxy) is 3. The number of carboxylic acids is 1. The Kier molecular flexibility index (Phi) is 5.43. The summed E-state index contributed by atoms with van der Waals surface area (Å²) < 4.78 is 15.9. The molecule has 0 saturated carbocycles. The number of fused-ring (bicyclic) bond motifs is 1. The van der Waals surface area contributed by atoms with Crippen LogP contribution >= 0.6 is 0 Å². The van der Waals surface area contributed by atoms with Crippen LogP contribution in [0.15, 0.2) is 36.4 Å². The van der Waals surface area contributed by atoms with Gasteiger partial charge in [0, 0.05) is 17.0 Å². The molecule has 0 aliphatic rings. The highest BCUT2D eigenvalue weighted by atomic mass is 16.6. The maximum Gasteiger partial charge on any atom is 0.332 e. The second-order valence-electron chi connectivity index (χ2n) is 4.61. The normalized spacial score (nSPS) is 11.3. The minimum Gasteiger partial charge on any atom is -0.496 e. The number of methoxy groups -OCH3 is 1. The van der Waals surface area contributed by atoms with Crippen LogP contribution in [0.1, 0.15) is 12.5 Å². The molecule has 2 N–H and O–H groups in total. The van der Waals surface area contributed by atoms with Gasteiger partial charge in [-0.3, -0.25) is 0 Å². The third kappa shape index (κ3) is 3.92. The van der Waals surface area contributed by atoms with E-state index in [0.717, 1.165) is 16.8 Å². The van der Waals surface area contributed by atoms with E-state index in [0.29, 0.717) is 23.7 Å². The van der Waals surface area contributed by atoms with Crippen LogP contribution in [0, 0.1) is 0 Å². The number of hydrogen-bond donors (Lipinski definition) is 2. The molecule has 0 heterocycles. The van der Waals surface area contributed by atoms with E-state index in [4.69, 9.17) is 24.4 Å². The minimum absolute atomic E-state index is 0.248. The molecule has 0 spiro atoms. The van der Waals surface area contributed by atoms with Crippen molar-refractivity contribution in [1.82, 2.24) is 0 Å². The number of aliphatic carboxylic acids is 1. The lowest BCUT2D eigenvalue weighted by molar-refractivity contribution is -0.131. The number of benzene rings is 2. The van der Waals surface area contributed by atoms with Gasteiger partial charge >= 0.3 is 5.97 Å². The summed E-state index contributed by atoms with van der Waals surface area (Å²) in [6.45, 7) is 1.90. The fourth-order valence-corrected chi connectivity index (χ4v) is 2.26. The van der Waals surface area contributed by atoms with Crippen molar-refractivity contribution in [3.8, 4) is 11.5 Å². The van der Waals surface area contributed by atoms with Crippen LogP contribution in [0.5, 0.6) is 11.5 Å². The molecule has 6 nitrogen and oxygen atoms in total. The Labute approximate surface area is 133 Å². The molecule has 0 aliphatic heterocycles. The Balaban J connectivity index is 2.59. The summed E-state index contributed by atoms with van der Waals surface area (Å²) in [5.74, 6) is 0.238. The highest BCUT2D eigenvalue weighted by Crippen LogP contribution is 2.33. The van der Waals surface area contributed by atoms with Crippen LogP contribution in [0.25, 0.3) is 16.5 Å². The molecule has 0 fully saturated rings. The van der Waals surface area contributed by atoms with Gasteiger partial charge in [-0.25, -0.2) is 4.79 Å². The molecule has 23 heavy (non-hydrogen) atoms. The lowest BCUT2D eigenvalue weighted by Gasteiger charge is -2.13. The van der Waals surface area contributed by atoms with Gasteiger partial charge in [0.2, 0.25) is 0 Å². The number of hydrogen-bond acceptors (Lipinski definition) is 5. The second-order valence-corrected chi connectivity index (χ2v) is 4.61. The lowest BCUT2D eigenvalue weighted by atomic mass is 10.0. The van der Waals surface area contributed by atoms with Gasteiger partial charge in [0.25, 0.3) is 0 Å². The van der Waals surface area contributed by atoms with Crippen molar-refractivity contribution in [2.45, 2.75) is 6.92 Å². The first-order valence-electron chi connectivity index (χ1n) is 7.02. The number of carboxylic acid groups (broad SMARTS) is 1. The first kappa shape index (κ1) is 16.6. The zero-order valence-electron chi connectivity index (χ0n) is 12.9. The van der Waals surface area contributed by atoms with Gasteiger partial charge in [-0.1, -0.05) is 12.1 Å². The van der Waals surface area contributed by atoms with Gasteiger partial charge in [-0.2, -0.15) is 0 Å². The second kappa shape index (κ2) is 7.51. The van der Waals surface area contributed by atoms with Gasteiger partial charge in [0.1, 0.15) is 17.3 Å². The zero-order chi connectivity index (χ0) is 16.8. The summed E-state index contributed by atoms with van der Waals surface area (Å²) in [4.78, 5) is 10.9. The van der Waals surface area contributed by atoms with Crippen molar-refractivity contribution >= 4 is 22.5 Å². The maximum absolute atomic E-state index is 10.9. The van der Waals surface area contributed by atoms with Crippen LogP contribution < -0.4 is 9.47 Å². The monoisotopic (exact) mass is 318 g/mol. The van der Waals surface area contributed by atoms with Crippen LogP contribution in [-0.2, 0) is 9.53 Å². The first-order chi connectivity index (χ1) is 11.1. The summed E-state index contributed by atoms with van der Waals surface area (Å²) in [7, 11) is 1.42. The molecule has 122 valence electrons. The van der Waals surface area contributed by atoms with Gasteiger partial charge in [-0.15, -0.1) is 0 Å². The molecule has 6 heteroatoms. The van der Waals surface area contributed by atoms with Crippen molar-refractivity contribution in [3.05, 3.63) is 42.0 Å². The Hall–Kier alpha value is -2.73. The number of carbonyl (C=O) groups is 1. The molecule has 0 saturated heterocycles. The molecular formula is C17H18O6.